The zero-order valence-corrected chi connectivity index (χ0v) is 16.5. The zero-order chi connectivity index (χ0) is 20.0. The molecule has 1 N–H and O–H groups in total. The maximum atomic E-state index is 13.1. The minimum absolute atomic E-state index is 0. The monoisotopic (exact) mass is 388 g/mol. The predicted molar refractivity (Wildman–Crippen MR) is 113 cm³/mol. The molecule has 0 radical (unpaired) electrons. The van der Waals surface area contributed by atoms with Crippen LogP contribution in [0.25, 0.3) is 11.1 Å². The largest absolute Gasteiger partial charge is 0.454 e. The second-order valence-corrected chi connectivity index (χ2v) is 7.81. The molecule has 2 heterocycles. The quantitative estimate of drug-likeness (QED) is 0.682. The van der Waals surface area contributed by atoms with Gasteiger partial charge in [0, 0.05) is 13.2 Å². The van der Waals surface area contributed by atoms with Crippen LogP contribution >= 0.6 is 0 Å². The van der Waals surface area contributed by atoms with Gasteiger partial charge in [-0.2, -0.15) is 0 Å². The number of ether oxygens (including phenoxy) is 2. The molecule has 2 aliphatic rings. The van der Waals surface area contributed by atoms with Gasteiger partial charge < -0.3 is 14.8 Å². The van der Waals surface area contributed by atoms with Crippen molar-refractivity contribution in [2.45, 2.75) is 32.1 Å². The van der Waals surface area contributed by atoms with Crippen LogP contribution in [0.2, 0.25) is 0 Å². The maximum Gasteiger partial charge on any atom is 0.236 e. The van der Waals surface area contributed by atoms with Crippen molar-refractivity contribution >= 4 is 11.7 Å². The van der Waals surface area contributed by atoms with Crippen molar-refractivity contribution in [1.29, 1.82) is 0 Å². The van der Waals surface area contributed by atoms with Crippen molar-refractivity contribution in [1.82, 2.24) is 4.98 Å². The van der Waals surface area contributed by atoms with Crippen LogP contribution in [-0.4, -0.2) is 17.7 Å². The van der Waals surface area contributed by atoms with E-state index < -0.39 is 5.41 Å². The molecule has 5 heteroatoms. The smallest absolute Gasteiger partial charge is 0.236 e. The van der Waals surface area contributed by atoms with Gasteiger partial charge in [-0.1, -0.05) is 30.3 Å². The van der Waals surface area contributed by atoms with Gasteiger partial charge in [-0.15, -0.1) is 0 Å². The van der Waals surface area contributed by atoms with Crippen molar-refractivity contribution in [2.24, 2.45) is 0 Å². The summed E-state index contributed by atoms with van der Waals surface area (Å²) in [4.78, 5) is 17.7. The number of fused-ring (bicyclic) bond motifs is 1. The summed E-state index contributed by atoms with van der Waals surface area (Å²) in [7, 11) is 0. The molecular weight excluding hydrogens is 364 g/mol. The fourth-order valence-electron chi connectivity index (χ4n) is 3.94. The van der Waals surface area contributed by atoms with Crippen molar-refractivity contribution in [3.63, 3.8) is 0 Å². The van der Waals surface area contributed by atoms with Gasteiger partial charge in [0.15, 0.2) is 11.5 Å². The first-order valence-electron chi connectivity index (χ1n) is 9.81. The highest BCUT2D eigenvalue weighted by Crippen LogP contribution is 2.51. The van der Waals surface area contributed by atoms with Crippen LogP contribution < -0.4 is 14.8 Å². The lowest BCUT2D eigenvalue weighted by molar-refractivity contribution is -0.118. The molecule has 0 saturated heterocycles. The van der Waals surface area contributed by atoms with E-state index in [0.29, 0.717) is 11.6 Å². The molecule has 1 fully saturated rings. The average molecular weight is 388 g/mol. The molecule has 5 rings (SSSR count). The molecule has 2 aromatic carbocycles. The van der Waals surface area contributed by atoms with E-state index in [0.717, 1.165) is 40.8 Å². The minimum atomic E-state index is -0.510. The molecule has 0 atom stereocenters. The van der Waals surface area contributed by atoms with Crippen LogP contribution in [0.4, 0.5) is 5.82 Å². The molecule has 1 amide bonds. The van der Waals surface area contributed by atoms with Crippen LogP contribution in [0.15, 0.2) is 54.7 Å². The van der Waals surface area contributed by atoms with Gasteiger partial charge in [0.25, 0.3) is 0 Å². The van der Waals surface area contributed by atoms with Gasteiger partial charge in [-0.05, 0) is 67.1 Å². The minimum Gasteiger partial charge on any atom is -0.454 e. The van der Waals surface area contributed by atoms with Gasteiger partial charge in [-0.25, -0.2) is 4.98 Å². The van der Waals surface area contributed by atoms with Gasteiger partial charge in [0.2, 0.25) is 12.7 Å². The highest BCUT2D eigenvalue weighted by molar-refractivity contribution is 6.01. The van der Waals surface area contributed by atoms with Crippen LogP contribution in [0.1, 0.15) is 31.0 Å². The Kier molecular flexibility index (Phi) is 4.05. The Morgan fingerprint density at radius 3 is 2.59 bits per heavy atom. The summed E-state index contributed by atoms with van der Waals surface area (Å²) in [5.41, 5.74) is 4.80. The number of nitrogens with one attached hydrogen (secondary N) is 1. The molecular formula is C24H24N2O3. The molecule has 148 valence electrons. The first-order valence-corrected chi connectivity index (χ1v) is 9.81. The van der Waals surface area contributed by atoms with Gasteiger partial charge in [-0.3, -0.25) is 4.79 Å². The topological polar surface area (TPSA) is 60.5 Å². The number of rotatable bonds is 4. The van der Waals surface area contributed by atoms with E-state index in [-0.39, 0.29) is 14.1 Å². The van der Waals surface area contributed by atoms with E-state index in [9.17, 15) is 4.79 Å². The molecule has 1 aliphatic carbocycles. The zero-order valence-electron chi connectivity index (χ0n) is 16.5. The predicted octanol–water partition coefficient (Wildman–Crippen LogP) is 5.01. The van der Waals surface area contributed by atoms with E-state index in [1.165, 1.54) is 5.56 Å². The van der Waals surface area contributed by atoms with E-state index in [1.54, 1.807) is 0 Å². The van der Waals surface area contributed by atoms with Crippen LogP contribution in [0.5, 0.6) is 11.5 Å². The third-order valence-electron chi connectivity index (χ3n) is 5.88. The van der Waals surface area contributed by atoms with E-state index >= 15 is 0 Å². The summed E-state index contributed by atoms with van der Waals surface area (Å²) in [6.45, 7) is 4.29. The number of nitrogens with zero attached hydrogens (tertiary/aromatic N) is 1. The number of aryl methyl sites for hydroxylation is 2. The number of hydrogen-bond acceptors (Lipinski definition) is 4. The van der Waals surface area contributed by atoms with Crippen molar-refractivity contribution in [3.05, 3.63) is 71.4 Å². The summed E-state index contributed by atoms with van der Waals surface area (Å²) >= 11 is 0. The molecule has 5 nitrogen and oxygen atoms in total. The second-order valence-electron chi connectivity index (χ2n) is 7.81. The van der Waals surface area contributed by atoms with Crippen LogP contribution in [0, 0.1) is 13.8 Å². The number of carbonyl (C=O) groups excluding carboxylic acids is 1. The number of pyridine rings is 1. The van der Waals surface area contributed by atoms with Gasteiger partial charge >= 0.3 is 0 Å². The Labute approximate surface area is 171 Å². The number of benzene rings is 2. The molecule has 1 aromatic heterocycles. The maximum absolute atomic E-state index is 13.1. The lowest BCUT2D eigenvalue weighted by atomic mass is 9.94. The summed E-state index contributed by atoms with van der Waals surface area (Å²) in [6.07, 6.45) is 3.46. The number of anilines is 1. The molecule has 3 aromatic rings. The number of amides is 1. The molecule has 1 saturated carbocycles. The SMILES string of the molecule is Cc1ccccc1-c1cnc(NC(=O)C2(c3ccc4c(c3)OCO4)CC2)c(C)c1.[HH]. The second kappa shape index (κ2) is 6.62. The Hall–Kier alpha value is -3.34. The molecule has 0 unspecified atom stereocenters. The average Bonchev–Trinajstić information content (AvgIpc) is 3.41. The summed E-state index contributed by atoms with van der Waals surface area (Å²) in [5.74, 6) is 2.03. The van der Waals surface area contributed by atoms with E-state index in [1.807, 2.05) is 43.5 Å². The Balaban J connectivity index is 0.00000218. The Morgan fingerprint density at radius 1 is 1.03 bits per heavy atom. The lowest BCUT2D eigenvalue weighted by Crippen LogP contribution is -2.28. The van der Waals surface area contributed by atoms with E-state index in [4.69, 9.17) is 9.47 Å². The summed E-state index contributed by atoms with van der Waals surface area (Å²) in [6, 6.07) is 16.1. The van der Waals surface area contributed by atoms with Gasteiger partial charge in [0.05, 0.1) is 5.41 Å². The highest BCUT2D eigenvalue weighted by atomic mass is 16.7. The summed E-state index contributed by atoms with van der Waals surface area (Å²) < 4.78 is 10.9. The Bertz CT molecular complexity index is 1130. The van der Waals surface area contributed by atoms with Crippen molar-refractivity contribution in [2.75, 3.05) is 12.1 Å². The lowest BCUT2D eigenvalue weighted by Gasteiger charge is -2.17. The fraction of sp³-hybridized carbons (Fsp3) is 0.250. The normalized spacial score (nSPS) is 15.8. The molecule has 0 bridgehead atoms. The highest BCUT2D eigenvalue weighted by Gasteiger charge is 2.51. The standard InChI is InChI=1S/C24H22N2O3.H2/c1-15-5-3-4-6-19(15)17-11-16(2)22(25-13-17)26-23(27)24(9-10-24)18-7-8-20-21(12-18)29-14-28-20;/h3-8,11-13H,9-10,14H2,1-2H3,(H,25,26,27);1H. The molecule has 0 spiro atoms. The molecule has 1 aliphatic heterocycles. The first kappa shape index (κ1) is 17.7. The third-order valence-corrected chi connectivity index (χ3v) is 5.88. The fourth-order valence-corrected chi connectivity index (χ4v) is 3.94. The number of carbonyl (C=O) groups is 1. The third kappa shape index (κ3) is 3.03. The summed E-state index contributed by atoms with van der Waals surface area (Å²) in [5, 5.41) is 3.05. The van der Waals surface area contributed by atoms with Crippen LogP contribution in [0.3, 0.4) is 0 Å². The van der Waals surface area contributed by atoms with Crippen molar-refractivity contribution in [3.8, 4) is 22.6 Å². The van der Waals surface area contributed by atoms with E-state index in [2.05, 4.69) is 35.4 Å². The van der Waals surface area contributed by atoms with Gasteiger partial charge in [0.1, 0.15) is 5.82 Å². The Morgan fingerprint density at radius 2 is 1.83 bits per heavy atom. The first-order chi connectivity index (χ1) is 14.1. The molecule has 29 heavy (non-hydrogen) atoms. The van der Waals surface area contributed by atoms with Crippen molar-refractivity contribution < 1.29 is 15.7 Å². The number of hydrogen-bond donors (Lipinski definition) is 1. The number of aromatic nitrogens is 1. The van der Waals surface area contributed by atoms with Crippen LogP contribution in [-0.2, 0) is 10.2 Å².